The van der Waals surface area contributed by atoms with Crippen molar-refractivity contribution in [1.29, 1.82) is 0 Å². The Kier molecular flexibility index (Phi) is 7.76. The van der Waals surface area contributed by atoms with E-state index in [9.17, 15) is 24.3 Å². The summed E-state index contributed by atoms with van der Waals surface area (Å²) in [6.45, 7) is 0.0111. The maximum absolute atomic E-state index is 11.9. The smallest absolute Gasteiger partial charge is 0.328 e. The van der Waals surface area contributed by atoms with E-state index in [4.69, 9.17) is 5.11 Å². The SMILES string of the molecule is COC(=O)CN(CC(=O)OC)C(=O)NC(C(=O)O)C(C)O. The molecule has 0 aliphatic carbocycles. The molecule has 2 atom stereocenters. The van der Waals surface area contributed by atoms with Gasteiger partial charge in [0.05, 0.1) is 20.3 Å². The minimum Gasteiger partial charge on any atom is -0.480 e. The molecule has 2 amide bonds. The van der Waals surface area contributed by atoms with Crippen LogP contribution in [0.5, 0.6) is 0 Å². The number of rotatable bonds is 7. The topological polar surface area (TPSA) is 142 Å². The predicted octanol–water partition coefficient (Wildman–Crippen LogP) is -1.82. The molecule has 2 unspecified atom stereocenters. The van der Waals surface area contributed by atoms with Crippen molar-refractivity contribution in [1.82, 2.24) is 10.2 Å². The molecule has 0 aromatic rings. The number of aliphatic hydroxyl groups excluding tert-OH is 1. The summed E-state index contributed by atoms with van der Waals surface area (Å²) in [6, 6.07) is -2.62. The Hall–Kier alpha value is -2.36. The Morgan fingerprint density at radius 1 is 1.10 bits per heavy atom. The number of aliphatic carboxylic acids is 1. The number of hydrogen-bond donors (Lipinski definition) is 3. The Labute approximate surface area is 120 Å². The molecule has 0 aromatic heterocycles. The average Bonchev–Trinajstić information content (AvgIpc) is 2.42. The number of esters is 2. The highest BCUT2D eigenvalue weighted by Gasteiger charge is 2.29. The van der Waals surface area contributed by atoms with E-state index in [0.29, 0.717) is 4.90 Å². The first-order valence-electron chi connectivity index (χ1n) is 5.82. The van der Waals surface area contributed by atoms with E-state index in [1.165, 1.54) is 6.92 Å². The van der Waals surface area contributed by atoms with Crippen LogP contribution in [0, 0.1) is 0 Å². The molecule has 120 valence electrons. The first-order valence-corrected chi connectivity index (χ1v) is 5.82. The molecule has 0 rings (SSSR count). The van der Waals surface area contributed by atoms with E-state index in [0.717, 1.165) is 14.2 Å². The van der Waals surface area contributed by atoms with Gasteiger partial charge < -0.3 is 29.9 Å². The Morgan fingerprint density at radius 3 is 1.81 bits per heavy atom. The molecule has 0 saturated carbocycles. The van der Waals surface area contributed by atoms with E-state index in [-0.39, 0.29) is 0 Å². The number of methoxy groups -OCH3 is 2. The number of nitrogens with zero attached hydrogens (tertiary/aromatic N) is 1. The van der Waals surface area contributed by atoms with Crippen LogP contribution < -0.4 is 5.32 Å². The lowest BCUT2D eigenvalue weighted by molar-refractivity contribution is -0.144. The summed E-state index contributed by atoms with van der Waals surface area (Å²) in [5.41, 5.74) is 0. The maximum atomic E-state index is 11.9. The van der Waals surface area contributed by atoms with E-state index >= 15 is 0 Å². The highest BCUT2D eigenvalue weighted by atomic mass is 16.5. The van der Waals surface area contributed by atoms with Crippen molar-refractivity contribution in [2.24, 2.45) is 0 Å². The van der Waals surface area contributed by atoms with Gasteiger partial charge in [0.2, 0.25) is 0 Å². The normalized spacial score (nSPS) is 12.8. The lowest BCUT2D eigenvalue weighted by Gasteiger charge is -2.24. The van der Waals surface area contributed by atoms with Gasteiger partial charge in [-0.2, -0.15) is 0 Å². The van der Waals surface area contributed by atoms with Crippen LogP contribution in [0.3, 0.4) is 0 Å². The van der Waals surface area contributed by atoms with Crippen LogP contribution in [0.1, 0.15) is 6.92 Å². The molecule has 0 aromatic carbocycles. The molecular weight excluding hydrogens is 288 g/mol. The van der Waals surface area contributed by atoms with Crippen LogP contribution >= 0.6 is 0 Å². The number of carbonyl (C=O) groups excluding carboxylic acids is 3. The van der Waals surface area contributed by atoms with Gasteiger partial charge in [0.25, 0.3) is 0 Å². The van der Waals surface area contributed by atoms with Gasteiger partial charge in [0, 0.05) is 0 Å². The molecule has 10 heteroatoms. The first-order chi connectivity index (χ1) is 9.72. The Morgan fingerprint density at radius 2 is 1.52 bits per heavy atom. The molecule has 0 spiro atoms. The second-order valence-electron chi connectivity index (χ2n) is 4.01. The van der Waals surface area contributed by atoms with Crippen molar-refractivity contribution in [3.63, 3.8) is 0 Å². The molecule has 0 radical (unpaired) electrons. The van der Waals surface area contributed by atoms with E-state index in [2.05, 4.69) is 9.47 Å². The number of amides is 2. The van der Waals surface area contributed by atoms with Gasteiger partial charge in [-0.25, -0.2) is 9.59 Å². The van der Waals surface area contributed by atoms with Gasteiger partial charge in [-0.1, -0.05) is 0 Å². The standard InChI is InChI=1S/C11H18N2O8/c1-6(14)9(10(17)18)12-11(19)13(4-7(15)20-2)5-8(16)21-3/h6,9,14H,4-5H2,1-3H3,(H,12,19)(H,17,18). The minimum atomic E-state index is -1.59. The van der Waals surface area contributed by atoms with Crippen LogP contribution in [0.2, 0.25) is 0 Å². The molecule has 3 N–H and O–H groups in total. The third-order valence-corrected chi connectivity index (χ3v) is 2.41. The second-order valence-corrected chi connectivity index (χ2v) is 4.01. The van der Waals surface area contributed by atoms with Gasteiger partial charge in [0.15, 0.2) is 6.04 Å². The molecule has 0 saturated heterocycles. The molecule has 0 fully saturated rings. The van der Waals surface area contributed by atoms with Gasteiger partial charge in [-0.05, 0) is 6.92 Å². The number of aliphatic hydroxyl groups is 1. The maximum Gasteiger partial charge on any atom is 0.328 e. The Bertz CT molecular complexity index is 391. The van der Waals surface area contributed by atoms with Crippen LogP contribution in [0.4, 0.5) is 4.79 Å². The number of carboxylic acids is 1. The Balaban J connectivity index is 4.95. The van der Waals surface area contributed by atoms with Crippen LogP contribution in [-0.2, 0) is 23.9 Å². The first kappa shape index (κ1) is 18.6. The van der Waals surface area contributed by atoms with Crippen molar-refractivity contribution in [3.8, 4) is 0 Å². The molecule has 0 aliphatic heterocycles. The van der Waals surface area contributed by atoms with Crippen LogP contribution in [0.15, 0.2) is 0 Å². The summed E-state index contributed by atoms with van der Waals surface area (Å²) in [7, 11) is 2.18. The largest absolute Gasteiger partial charge is 0.480 e. The minimum absolute atomic E-state index is 0.580. The van der Waals surface area contributed by atoms with E-state index < -0.39 is 49.2 Å². The van der Waals surface area contributed by atoms with Crippen LogP contribution in [0.25, 0.3) is 0 Å². The summed E-state index contributed by atoms with van der Waals surface area (Å²) in [6.07, 6.45) is -1.37. The molecule has 10 nitrogen and oxygen atoms in total. The average molecular weight is 306 g/mol. The third kappa shape index (κ3) is 6.56. The number of hydrogen-bond acceptors (Lipinski definition) is 7. The van der Waals surface area contributed by atoms with Gasteiger partial charge in [0.1, 0.15) is 13.1 Å². The summed E-state index contributed by atoms with van der Waals surface area (Å²) in [5, 5.41) is 20.1. The van der Waals surface area contributed by atoms with Crippen molar-refractivity contribution in [2.45, 2.75) is 19.1 Å². The summed E-state index contributed by atoms with van der Waals surface area (Å²) in [4.78, 5) is 45.9. The van der Waals surface area contributed by atoms with E-state index in [1.807, 2.05) is 5.32 Å². The summed E-state index contributed by atoms with van der Waals surface area (Å²) >= 11 is 0. The molecular formula is C11H18N2O8. The lowest BCUT2D eigenvalue weighted by Crippen LogP contribution is -2.54. The summed E-state index contributed by atoms with van der Waals surface area (Å²) in [5.74, 6) is -3.08. The highest BCUT2D eigenvalue weighted by molar-refractivity contribution is 5.88. The zero-order valence-corrected chi connectivity index (χ0v) is 11.9. The number of carbonyl (C=O) groups is 4. The second kappa shape index (κ2) is 8.74. The van der Waals surface area contributed by atoms with E-state index in [1.54, 1.807) is 0 Å². The number of ether oxygens (including phenoxy) is 2. The number of carboxylic acid groups (broad SMARTS) is 1. The fourth-order valence-electron chi connectivity index (χ4n) is 1.25. The van der Waals surface area contributed by atoms with Crippen LogP contribution in [-0.4, -0.2) is 78.5 Å². The zero-order chi connectivity index (χ0) is 16.6. The van der Waals surface area contributed by atoms with Crippen molar-refractivity contribution < 1.29 is 38.9 Å². The van der Waals surface area contributed by atoms with Gasteiger partial charge in [-0.15, -0.1) is 0 Å². The third-order valence-electron chi connectivity index (χ3n) is 2.41. The summed E-state index contributed by atoms with van der Waals surface area (Å²) < 4.78 is 8.74. The number of urea groups is 1. The fraction of sp³-hybridized carbons (Fsp3) is 0.636. The van der Waals surface area contributed by atoms with Crippen molar-refractivity contribution in [3.05, 3.63) is 0 Å². The lowest BCUT2D eigenvalue weighted by atomic mass is 10.2. The zero-order valence-electron chi connectivity index (χ0n) is 11.9. The fourth-order valence-corrected chi connectivity index (χ4v) is 1.25. The molecule has 0 heterocycles. The highest BCUT2D eigenvalue weighted by Crippen LogP contribution is 1.98. The predicted molar refractivity (Wildman–Crippen MR) is 67.2 cm³/mol. The van der Waals surface area contributed by atoms with Gasteiger partial charge in [-0.3, -0.25) is 9.59 Å². The quantitative estimate of drug-likeness (QED) is 0.466. The van der Waals surface area contributed by atoms with Crippen molar-refractivity contribution in [2.75, 3.05) is 27.3 Å². The monoisotopic (exact) mass is 306 g/mol. The molecule has 21 heavy (non-hydrogen) atoms. The number of nitrogens with one attached hydrogen (secondary N) is 1. The van der Waals surface area contributed by atoms with Crippen molar-refractivity contribution >= 4 is 23.9 Å². The molecule has 0 aliphatic rings. The molecule has 0 bridgehead atoms. The van der Waals surface area contributed by atoms with Gasteiger partial charge >= 0.3 is 23.9 Å².